The van der Waals surface area contributed by atoms with Gasteiger partial charge in [0.05, 0.1) is 17.5 Å². The normalized spacial score (nSPS) is 13.2. The van der Waals surface area contributed by atoms with Gasteiger partial charge >= 0.3 is 0 Å². The number of nitrogens with one attached hydrogen (secondary N) is 2. The van der Waals surface area contributed by atoms with Gasteiger partial charge in [-0.3, -0.25) is 9.35 Å². The van der Waals surface area contributed by atoms with Crippen molar-refractivity contribution in [2.24, 2.45) is 5.73 Å². The summed E-state index contributed by atoms with van der Waals surface area (Å²) in [6.45, 7) is 0.169. The van der Waals surface area contributed by atoms with Crippen molar-refractivity contribution in [1.82, 2.24) is 15.3 Å². The number of nitrogens with two attached hydrogens (primary N) is 1. The summed E-state index contributed by atoms with van der Waals surface area (Å²) < 4.78 is 29.4. The molecule has 1 aromatic heterocycles. The summed E-state index contributed by atoms with van der Waals surface area (Å²) in [6, 6.07) is 0. The third kappa shape index (κ3) is 7.82. The molecule has 0 aliphatic rings. The van der Waals surface area contributed by atoms with Gasteiger partial charge in [-0.15, -0.1) is 0 Å². The zero-order chi connectivity index (χ0) is 14.3. The molecule has 5 N–H and O–H groups in total. The molecule has 0 fully saturated rings. The lowest BCUT2D eigenvalue weighted by Crippen LogP contribution is -2.28. The summed E-state index contributed by atoms with van der Waals surface area (Å²) in [5, 5.41) is 1.76. The summed E-state index contributed by atoms with van der Waals surface area (Å²) in [6.07, 6.45) is 3.79. The maximum absolute atomic E-state index is 11.4. The second-order valence-corrected chi connectivity index (χ2v) is 6.58. The van der Waals surface area contributed by atoms with E-state index in [-0.39, 0.29) is 24.0 Å². The van der Waals surface area contributed by atoms with Gasteiger partial charge in [-0.1, -0.05) is 0 Å². The molecular weight excluding hydrogens is 292 g/mol. The molecule has 1 amide bonds. The van der Waals surface area contributed by atoms with Crippen LogP contribution < -0.4 is 11.1 Å². The summed E-state index contributed by atoms with van der Waals surface area (Å²) in [5.41, 5.74) is 6.59. The fraction of sp³-hybridized carbons (Fsp3) is 0.556. The maximum atomic E-state index is 11.4. The molecule has 108 valence electrons. The molecule has 0 aliphatic heterocycles. The molecule has 0 radical (unpaired) electrons. The minimum absolute atomic E-state index is 0.154. The molecule has 8 nitrogen and oxygen atoms in total. The predicted octanol–water partition coefficient (Wildman–Crippen LogP) is -0.0423. The first-order chi connectivity index (χ1) is 8.87. The molecule has 0 aromatic carbocycles. The first-order valence-corrected chi connectivity index (χ1v) is 7.98. The first-order valence-electron chi connectivity index (χ1n) is 5.49. The van der Waals surface area contributed by atoms with Crippen LogP contribution in [-0.4, -0.2) is 45.8 Å². The van der Waals surface area contributed by atoms with E-state index in [1.165, 1.54) is 6.33 Å². The van der Waals surface area contributed by atoms with Gasteiger partial charge < -0.3 is 16.0 Å². The third-order valence-corrected chi connectivity index (χ3v) is 3.72. The average molecular weight is 308 g/mol. The van der Waals surface area contributed by atoms with E-state index in [0.717, 1.165) is 17.5 Å². The van der Waals surface area contributed by atoms with Crippen LogP contribution in [0, 0.1) is 0 Å². The number of imidazole rings is 1. The van der Waals surface area contributed by atoms with Crippen molar-refractivity contribution >= 4 is 27.1 Å². The van der Waals surface area contributed by atoms with Crippen molar-refractivity contribution in [3.8, 4) is 0 Å². The lowest BCUT2D eigenvalue weighted by atomic mass is 10.3. The van der Waals surface area contributed by atoms with Crippen LogP contribution in [-0.2, 0) is 16.5 Å². The van der Waals surface area contributed by atoms with Crippen LogP contribution in [0.4, 0.5) is 4.79 Å². The van der Waals surface area contributed by atoms with Crippen molar-refractivity contribution in [2.75, 3.05) is 12.3 Å². The fourth-order valence-electron chi connectivity index (χ4n) is 1.28. The highest BCUT2D eigenvalue weighted by molar-refractivity contribution is 8.14. The molecule has 0 saturated heterocycles. The Bertz CT molecular complexity index is 488. The quantitative estimate of drug-likeness (QED) is 0.315. The van der Waals surface area contributed by atoms with E-state index < -0.39 is 15.5 Å². The Hall–Kier alpha value is -1.10. The lowest BCUT2D eigenvalue weighted by molar-refractivity contribution is 0.260. The fourth-order valence-corrected chi connectivity index (χ4v) is 2.51. The molecule has 1 heterocycles. The SMILES string of the molecule is N[C@@H](Cc1cnc[nH]1)SC(=O)NCCCS(=O)(=O)O. The van der Waals surface area contributed by atoms with Crippen LogP contribution in [0.25, 0.3) is 0 Å². The number of amides is 1. The molecule has 0 saturated carbocycles. The predicted molar refractivity (Wildman–Crippen MR) is 72.3 cm³/mol. The van der Waals surface area contributed by atoms with Crippen LogP contribution in [0.1, 0.15) is 12.1 Å². The summed E-state index contributed by atoms with van der Waals surface area (Å²) in [4.78, 5) is 18.2. The number of nitrogens with zero attached hydrogens (tertiary/aromatic N) is 1. The molecule has 0 bridgehead atoms. The minimum Gasteiger partial charge on any atom is -0.348 e. The van der Waals surface area contributed by atoms with Gasteiger partial charge in [-0.2, -0.15) is 8.42 Å². The topological polar surface area (TPSA) is 138 Å². The van der Waals surface area contributed by atoms with Crippen molar-refractivity contribution < 1.29 is 17.8 Å². The van der Waals surface area contributed by atoms with Crippen molar-refractivity contribution in [3.63, 3.8) is 0 Å². The van der Waals surface area contributed by atoms with Gasteiger partial charge in [0.2, 0.25) is 0 Å². The molecule has 1 rings (SSSR count). The summed E-state index contributed by atoms with van der Waals surface area (Å²) in [7, 11) is -3.97. The van der Waals surface area contributed by atoms with E-state index in [1.54, 1.807) is 6.20 Å². The zero-order valence-electron chi connectivity index (χ0n) is 10.1. The molecule has 0 aliphatic carbocycles. The highest BCUT2D eigenvalue weighted by atomic mass is 32.2. The van der Waals surface area contributed by atoms with E-state index in [0.29, 0.717) is 6.42 Å². The number of thioether (sulfide) groups is 1. The monoisotopic (exact) mass is 308 g/mol. The van der Waals surface area contributed by atoms with E-state index in [4.69, 9.17) is 10.3 Å². The second-order valence-electron chi connectivity index (χ2n) is 3.79. The number of hydrogen-bond acceptors (Lipinski definition) is 6. The van der Waals surface area contributed by atoms with E-state index in [9.17, 15) is 13.2 Å². The number of carbonyl (C=O) groups is 1. The van der Waals surface area contributed by atoms with Crippen LogP contribution >= 0.6 is 11.8 Å². The Balaban J connectivity index is 2.16. The van der Waals surface area contributed by atoms with Gasteiger partial charge in [-0.25, -0.2) is 4.98 Å². The van der Waals surface area contributed by atoms with Crippen LogP contribution in [0.3, 0.4) is 0 Å². The number of H-pyrrole nitrogens is 1. The minimum atomic E-state index is -3.97. The Morgan fingerprint density at radius 2 is 2.37 bits per heavy atom. The molecule has 0 spiro atoms. The van der Waals surface area contributed by atoms with Crippen molar-refractivity contribution in [2.45, 2.75) is 18.2 Å². The summed E-state index contributed by atoms with van der Waals surface area (Å²) >= 11 is 0.924. The molecule has 1 atom stereocenters. The second kappa shape index (κ2) is 7.48. The molecule has 10 heteroatoms. The molecular formula is C9H16N4O4S2. The molecule has 0 unspecified atom stereocenters. The number of aromatic nitrogens is 2. The van der Waals surface area contributed by atoms with E-state index in [1.807, 2.05) is 0 Å². The highest BCUT2D eigenvalue weighted by Gasteiger charge is 2.12. The summed E-state index contributed by atoms with van der Waals surface area (Å²) in [5.74, 6) is -0.377. The average Bonchev–Trinajstić information content (AvgIpc) is 2.75. The largest absolute Gasteiger partial charge is 0.348 e. The number of aromatic amines is 1. The van der Waals surface area contributed by atoms with Crippen LogP contribution in [0.15, 0.2) is 12.5 Å². The number of rotatable bonds is 7. The van der Waals surface area contributed by atoms with Crippen LogP contribution in [0.2, 0.25) is 0 Å². The van der Waals surface area contributed by atoms with Crippen LogP contribution in [0.5, 0.6) is 0 Å². The zero-order valence-corrected chi connectivity index (χ0v) is 11.7. The Morgan fingerprint density at radius 1 is 1.63 bits per heavy atom. The number of carbonyl (C=O) groups excluding carboxylic acids is 1. The van der Waals surface area contributed by atoms with Gasteiger partial charge in [-0.05, 0) is 18.2 Å². The highest BCUT2D eigenvalue weighted by Crippen LogP contribution is 2.11. The molecule has 1 aromatic rings. The first kappa shape index (κ1) is 16.0. The third-order valence-electron chi connectivity index (χ3n) is 2.08. The van der Waals surface area contributed by atoms with E-state index >= 15 is 0 Å². The van der Waals surface area contributed by atoms with Crippen molar-refractivity contribution in [3.05, 3.63) is 18.2 Å². The van der Waals surface area contributed by atoms with Gasteiger partial charge in [0.1, 0.15) is 0 Å². The standard InChI is InChI=1S/C9H16N4O4S2/c10-8(4-7-5-11-6-13-7)18-9(14)12-2-1-3-19(15,16)17/h5-6,8H,1-4,10H2,(H,11,13)(H,12,14)(H,15,16,17)/t8-/m1/s1. The lowest BCUT2D eigenvalue weighted by Gasteiger charge is -2.09. The Labute approximate surface area is 115 Å². The maximum Gasteiger partial charge on any atom is 0.280 e. The Morgan fingerprint density at radius 3 is 2.95 bits per heavy atom. The van der Waals surface area contributed by atoms with Crippen molar-refractivity contribution in [1.29, 1.82) is 0 Å². The smallest absolute Gasteiger partial charge is 0.280 e. The van der Waals surface area contributed by atoms with Gasteiger partial charge in [0.25, 0.3) is 15.4 Å². The van der Waals surface area contributed by atoms with E-state index in [2.05, 4.69) is 15.3 Å². The van der Waals surface area contributed by atoms with Gasteiger partial charge in [0.15, 0.2) is 0 Å². The van der Waals surface area contributed by atoms with Gasteiger partial charge in [0, 0.05) is 24.9 Å². The molecule has 19 heavy (non-hydrogen) atoms. The number of hydrogen-bond donors (Lipinski definition) is 4. The Kier molecular flexibility index (Phi) is 6.28.